The molecule has 0 heterocycles. The zero-order valence-corrected chi connectivity index (χ0v) is 9.72. The van der Waals surface area contributed by atoms with Crippen LogP contribution >= 0.6 is 0 Å². The molecular formula is C9H10N2O5S. The van der Waals surface area contributed by atoms with Crippen molar-refractivity contribution < 1.29 is 18.5 Å². The largest absolute Gasteiger partial charge is 0.411 e. The molecule has 1 rings (SSSR count). The monoisotopic (exact) mass is 258 g/mol. The number of hydrogen-bond acceptors (Lipinski definition) is 6. The second-order valence-electron chi connectivity index (χ2n) is 3.42. The van der Waals surface area contributed by atoms with E-state index in [4.69, 9.17) is 5.21 Å². The van der Waals surface area contributed by atoms with Gasteiger partial charge in [0, 0.05) is 24.0 Å². The molecular weight excluding hydrogens is 248 g/mol. The molecule has 92 valence electrons. The summed E-state index contributed by atoms with van der Waals surface area (Å²) in [5.74, 6) is -0.429. The molecule has 0 saturated carbocycles. The third-order valence-electron chi connectivity index (χ3n) is 1.93. The van der Waals surface area contributed by atoms with Gasteiger partial charge in [-0.3, -0.25) is 10.1 Å². The molecule has 0 saturated heterocycles. The van der Waals surface area contributed by atoms with Crippen molar-refractivity contribution in [3.8, 4) is 0 Å². The van der Waals surface area contributed by atoms with E-state index in [2.05, 4.69) is 5.16 Å². The van der Waals surface area contributed by atoms with Crippen molar-refractivity contribution >= 4 is 21.2 Å². The molecule has 0 unspecified atom stereocenters. The molecule has 0 aromatic heterocycles. The molecule has 0 fully saturated rings. The lowest BCUT2D eigenvalue weighted by atomic mass is 10.1. The number of nitro benzene ring substituents is 1. The standard InChI is InChI=1S/C9H10N2O5S/c1-17(15,16)6-9(10-12)7-2-4-8(5-3-7)11(13)14/h2-5,12H,6H2,1H3/b10-9-. The Kier molecular flexibility index (Phi) is 3.79. The Hall–Kier alpha value is -1.96. The van der Waals surface area contributed by atoms with Crippen LogP contribution in [0.1, 0.15) is 5.56 Å². The molecule has 17 heavy (non-hydrogen) atoms. The van der Waals surface area contributed by atoms with E-state index < -0.39 is 20.5 Å². The minimum absolute atomic E-state index is 0.0533. The Balaban J connectivity index is 3.03. The van der Waals surface area contributed by atoms with Crippen molar-refractivity contribution in [3.63, 3.8) is 0 Å². The van der Waals surface area contributed by atoms with Gasteiger partial charge in [0.2, 0.25) is 0 Å². The third-order valence-corrected chi connectivity index (χ3v) is 2.73. The zero-order valence-electron chi connectivity index (χ0n) is 8.90. The first-order valence-corrected chi connectivity index (χ1v) is 6.53. The van der Waals surface area contributed by atoms with Crippen LogP contribution in [-0.2, 0) is 9.84 Å². The highest BCUT2D eigenvalue weighted by Crippen LogP contribution is 2.13. The Morgan fingerprint density at radius 1 is 1.41 bits per heavy atom. The quantitative estimate of drug-likeness (QED) is 0.372. The fourth-order valence-corrected chi connectivity index (χ4v) is 1.91. The fraction of sp³-hybridized carbons (Fsp3) is 0.222. The van der Waals surface area contributed by atoms with Gasteiger partial charge in [-0.1, -0.05) is 5.16 Å². The minimum Gasteiger partial charge on any atom is -0.411 e. The molecule has 7 nitrogen and oxygen atoms in total. The molecule has 0 aliphatic carbocycles. The topological polar surface area (TPSA) is 110 Å². The lowest BCUT2D eigenvalue weighted by molar-refractivity contribution is -0.384. The van der Waals surface area contributed by atoms with E-state index >= 15 is 0 Å². The van der Waals surface area contributed by atoms with Crippen LogP contribution < -0.4 is 0 Å². The van der Waals surface area contributed by atoms with E-state index in [0.717, 1.165) is 6.26 Å². The van der Waals surface area contributed by atoms with Crippen LogP contribution in [0.15, 0.2) is 29.4 Å². The first kappa shape index (κ1) is 13.1. The normalized spacial score (nSPS) is 12.4. The number of benzene rings is 1. The number of nitrogens with zero attached hydrogens (tertiary/aromatic N) is 2. The molecule has 1 aromatic carbocycles. The van der Waals surface area contributed by atoms with Gasteiger partial charge in [-0.2, -0.15) is 0 Å². The highest BCUT2D eigenvalue weighted by Gasteiger charge is 2.13. The molecule has 0 bridgehead atoms. The lowest BCUT2D eigenvalue weighted by Crippen LogP contribution is -2.15. The summed E-state index contributed by atoms with van der Waals surface area (Å²) < 4.78 is 22.1. The van der Waals surface area contributed by atoms with Gasteiger partial charge in [0.15, 0.2) is 9.84 Å². The number of hydrogen-bond donors (Lipinski definition) is 1. The molecule has 0 aliphatic heterocycles. The van der Waals surface area contributed by atoms with E-state index in [9.17, 15) is 18.5 Å². The number of rotatable bonds is 4. The first-order valence-electron chi connectivity index (χ1n) is 4.47. The second-order valence-corrected chi connectivity index (χ2v) is 5.56. The predicted molar refractivity (Wildman–Crippen MR) is 61.1 cm³/mol. The molecule has 1 aromatic rings. The molecule has 0 amide bonds. The third kappa shape index (κ3) is 3.83. The maximum atomic E-state index is 11.0. The van der Waals surface area contributed by atoms with Gasteiger partial charge in [0.25, 0.3) is 5.69 Å². The van der Waals surface area contributed by atoms with E-state index in [1.165, 1.54) is 24.3 Å². The van der Waals surface area contributed by atoms with Crippen molar-refractivity contribution in [1.29, 1.82) is 0 Å². The maximum Gasteiger partial charge on any atom is 0.269 e. The van der Waals surface area contributed by atoms with Gasteiger partial charge < -0.3 is 5.21 Å². The van der Waals surface area contributed by atoms with E-state index in [0.29, 0.717) is 5.56 Å². The molecule has 0 radical (unpaired) electrons. The van der Waals surface area contributed by atoms with Crippen molar-refractivity contribution in [2.24, 2.45) is 5.16 Å². The van der Waals surface area contributed by atoms with Gasteiger partial charge in [0.1, 0.15) is 5.71 Å². The first-order chi connectivity index (χ1) is 7.83. The van der Waals surface area contributed by atoms with Gasteiger partial charge >= 0.3 is 0 Å². The van der Waals surface area contributed by atoms with E-state index in [1.807, 2.05) is 0 Å². The highest BCUT2D eigenvalue weighted by molar-refractivity contribution is 7.91. The molecule has 1 N–H and O–H groups in total. The van der Waals surface area contributed by atoms with Crippen molar-refractivity contribution in [2.45, 2.75) is 0 Å². The number of sulfone groups is 1. The SMILES string of the molecule is CS(=O)(=O)C/C(=N/O)c1ccc([N+](=O)[O-])cc1. The van der Waals surface area contributed by atoms with Gasteiger partial charge in [-0.15, -0.1) is 0 Å². The average molecular weight is 258 g/mol. The summed E-state index contributed by atoms with van der Waals surface area (Å²) in [5, 5.41) is 22.0. The minimum atomic E-state index is -3.33. The Morgan fingerprint density at radius 2 is 1.94 bits per heavy atom. The molecule has 0 aliphatic rings. The van der Waals surface area contributed by atoms with Crippen molar-refractivity contribution in [3.05, 3.63) is 39.9 Å². The Bertz CT molecular complexity index is 547. The van der Waals surface area contributed by atoms with Crippen LogP contribution in [-0.4, -0.2) is 36.3 Å². The van der Waals surface area contributed by atoms with Gasteiger partial charge in [0.05, 0.1) is 10.7 Å². The molecule has 0 atom stereocenters. The summed E-state index contributed by atoms with van der Waals surface area (Å²) in [6, 6.07) is 5.09. The van der Waals surface area contributed by atoms with Crippen LogP contribution in [0.2, 0.25) is 0 Å². The lowest BCUT2D eigenvalue weighted by Gasteiger charge is -2.02. The average Bonchev–Trinajstić information content (AvgIpc) is 2.25. The Morgan fingerprint density at radius 3 is 2.29 bits per heavy atom. The van der Waals surface area contributed by atoms with E-state index in [-0.39, 0.29) is 11.4 Å². The molecule has 0 spiro atoms. The maximum absolute atomic E-state index is 11.0. The zero-order chi connectivity index (χ0) is 13.1. The predicted octanol–water partition coefficient (Wildman–Crippen LogP) is 0.818. The van der Waals surface area contributed by atoms with Crippen LogP contribution in [0, 0.1) is 10.1 Å². The van der Waals surface area contributed by atoms with Crippen LogP contribution in [0.3, 0.4) is 0 Å². The summed E-state index contributed by atoms with van der Waals surface area (Å²) in [6.45, 7) is 0. The Labute approximate surface area is 97.4 Å². The van der Waals surface area contributed by atoms with Crippen LogP contribution in [0.4, 0.5) is 5.69 Å². The summed E-state index contributed by atoms with van der Waals surface area (Å²) in [6.07, 6.45) is 1.00. The van der Waals surface area contributed by atoms with Crippen molar-refractivity contribution in [2.75, 3.05) is 12.0 Å². The highest BCUT2D eigenvalue weighted by atomic mass is 32.2. The van der Waals surface area contributed by atoms with Gasteiger partial charge in [-0.05, 0) is 12.1 Å². The van der Waals surface area contributed by atoms with E-state index in [1.54, 1.807) is 0 Å². The number of nitro groups is 1. The summed E-state index contributed by atoms with van der Waals surface area (Å²) in [5.41, 5.74) is 0.149. The second kappa shape index (κ2) is 4.91. The summed E-state index contributed by atoms with van der Waals surface area (Å²) >= 11 is 0. The van der Waals surface area contributed by atoms with Crippen molar-refractivity contribution in [1.82, 2.24) is 0 Å². The van der Waals surface area contributed by atoms with Gasteiger partial charge in [-0.25, -0.2) is 8.42 Å². The summed E-state index contributed by atoms with van der Waals surface area (Å²) in [7, 11) is -3.33. The fourth-order valence-electron chi connectivity index (χ4n) is 1.19. The van der Waals surface area contributed by atoms with Crippen LogP contribution in [0.5, 0.6) is 0 Å². The molecule has 8 heteroatoms. The smallest absolute Gasteiger partial charge is 0.269 e. The number of oxime groups is 1. The number of non-ortho nitro benzene ring substituents is 1. The van der Waals surface area contributed by atoms with Crippen LogP contribution in [0.25, 0.3) is 0 Å². The summed E-state index contributed by atoms with van der Waals surface area (Å²) in [4.78, 5) is 9.84.